The molecule has 0 aliphatic rings. The Balaban J connectivity index is 0.00000317. The molecule has 66 heavy (non-hydrogen) atoms. The van der Waals surface area contributed by atoms with Crippen molar-refractivity contribution in [2.45, 2.75) is 21.6 Å². The van der Waals surface area contributed by atoms with Gasteiger partial charge < -0.3 is 36.6 Å². The first-order valence-corrected chi connectivity index (χ1v) is 22.0. The predicted octanol–water partition coefficient (Wildman–Crippen LogP) is 0.0161. The molecule has 320 valence electrons. The van der Waals surface area contributed by atoms with Crippen molar-refractivity contribution < 1.29 is 128 Å². The molecule has 0 saturated carbocycles. The first-order chi connectivity index (χ1) is 29.7. The summed E-state index contributed by atoms with van der Waals surface area (Å²) in [7, 11) is -14.7. The van der Waals surface area contributed by atoms with Gasteiger partial charge in [0.15, 0.2) is 0 Å². The van der Waals surface area contributed by atoms with E-state index in [-0.39, 0.29) is 173 Å². The van der Waals surface area contributed by atoms with Crippen LogP contribution < -0.4 is 112 Å². The zero-order chi connectivity index (χ0) is 45.4. The fraction of sp³-hybridized carbons (Fsp3) is 0.0256. The molecule has 7 aromatic rings. The molecular formula is C39H29N12Na3O9S3. The van der Waals surface area contributed by atoms with Gasteiger partial charge in [-0.3, -0.25) is 0 Å². The van der Waals surface area contributed by atoms with Crippen LogP contribution >= 0.6 is 0 Å². The van der Waals surface area contributed by atoms with Crippen molar-refractivity contribution in [3.8, 4) is 0 Å². The Morgan fingerprint density at radius 2 is 0.652 bits per heavy atom. The SMILES string of the molecule is Cc1c(N=Nc2cc(N=Nc3ccc(S(=O)(=O)[O-])c4ccccc34)c(N)cc2N)cc(S(=O)(=O)[O-])cc1N=Nc1cc(N=Nc2ccc(S(=O)(=O)[O-])c3ccccc23)c(N)cc1N.[Na+].[Na+].[Na+]. The van der Waals surface area contributed by atoms with Gasteiger partial charge in [-0.25, -0.2) is 25.3 Å². The molecule has 0 aromatic heterocycles. The van der Waals surface area contributed by atoms with Crippen LogP contribution in [-0.4, -0.2) is 38.9 Å². The van der Waals surface area contributed by atoms with Gasteiger partial charge >= 0.3 is 88.7 Å². The molecule has 8 N–H and O–H groups in total. The number of benzene rings is 7. The van der Waals surface area contributed by atoms with Crippen LogP contribution in [0.25, 0.3) is 21.5 Å². The Morgan fingerprint density at radius 3 is 0.955 bits per heavy atom. The number of azo groups is 4. The summed E-state index contributed by atoms with van der Waals surface area (Å²) in [6.45, 7) is 1.50. The average molecular weight is 975 g/mol. The van der Waals surface area contributed by atoms with Crippen molar-refractivity contribution in [1.82, 2.24) is 0 Å². The Hall–Kier alpha value is -4.61. The molecule has 7 rings (SSSR count). The standard InChI is InChI=1S/C39H32N12O9S3.3Na/c1-20-32(46-50-36-18-34(26(40)16-28(36)42)48-44-30-10-12-38(62(55,56)57)24-8-4-2-6-22(24)30)14-21(61(52,53)54)15-33(20)47-51-37-19-35(27(41)17-29(37)43)49-45-31-11-13-39(63(58,59)60)25-9-5-3-7-23(25)31;;;/h2-19H,40-43H2,1H3,(H,52,53,54)(H,55,56,57)(H,58,59,60);;;/q;3*+1/p-3. The molecule has 0 spiro atoms. The molecule has 0 fully saturated rings. The van der Waals surface area contributed by atoms with E-state index in [2.05, 4.69) is 40.9 Å². The molecule has 0 aliphatic heterocycles. The van der Waals surface area contributed by atoms with Gasteiger partial charge in [0.2, 0.25) is 0 Å². The molecular weight excluding hydrogens is 946 g/mol. The Labute approximate surface area is 443 Å². The van der Waals surface area contributed by atoms with E-state index in [0.717, 1.165) is 24.3 Å². The fourth-order valence-corrected chi connectivity index (χ4v) is 8.01. The smallest absolute Gasteiger partial charge is 0.744 e. The van der Waals surface area contributed by atoms with Crippen LogP contribution in [0.5, 0.6) is 0 Å². The quantitative estimate of drug-likeness (QED) is 0.0576. The van der Waals surface area contributed by atoms with Crippen LogP contribution in [0, 0.1) is 6.92 Å². The van der Waals surface area contributed by atoms with Crippen LogP contribution in [0.2, 0.25) is 0 Å². The summed E-state index contributed by atoms with van der Waals surface area (Å²) in [6.07, 6.45) is 0. The third-order valence-corrected chi connectivity index (χ3v) is 11.9. The second kappa shape index (κ2) is 21.6. The van der Waals surface area contributed by atoms with Gasteiger partial charge in [0.05, 0.1) is 60.2 Å². The molecule has 0 amide bonds. The molecule has 7 aromatic carbocycles. The van der Waals surface area contributed by atoms with Gasteiger partial charge in [0.1, 0.15) is 53.1 Å². The van der Waals surface area contributed by atoms with Crippen molar-refractivity contribution in [2.75, 3.05) is 22.9 Å². The minimum atomic E-state index is -5.08. The zero-order valence-corrected chi connectivity index (χ0v) is 43.6. The topological polar surface area (TPSA) is 375 Å². The number of nitrogens with two attached hydrogens (primary N) is 4. The second-order valence-corrected chi connectivity index (χ2v) is 17.5. The summed E-state index contributed by atoms with van der Waals surface area (Å²) >= 11 is 0. The number of fused-ring (bicyclic) bond motifs is 2. The number of anilines is 4. The van der Waals surface area contributed by atoms with E-state index in [0.29, 0.717) is 10.8 Å². The van der Waals surface area contributed by atoms with Gasteiger partial charge in [0.25, 0.3) is 0 Å². The Bertz CT molecular complexity index is 3310. The van der Waals surface area contributed by atoms with E-state index in [4.69, 9.17) is 22.9 Å². The maximum absolute atomic E-state index is 12.2. The van der Waals surface area contributed by atoms with Crippen molar-refractivity contribution in [2.24, 2.45) is 40.9 Å². The number of hydrogen-bond donors (Lipinski definition) is 4. The number of rotatable bonds is 11. The van der Waals surface area contributed by atoms with Crippen LogP contribution in [0.3, 0.4) is 0 Å². The van der Waals surface area contributed by atoms with Gasteiger partial charge in [-0.15, -0.1) is 30.7 Å². The maximum atomic E-state index is 12.2. The number of hydrogen-bond acceptors (Lipinski definition) is 21. The number of nitrogen functional groups attached to an aromatic ring is 4. The third-order valence-electron chi connectivity index (χ3n) is 9.29. The fourth-order valence-electron chi connectivity index (χ4n) is 6.13. The summed E-state index contributed by atoms with van der Waals surface area (Å²) in [5.74, 6) is 0. The molecule has 0 radical (unpaired) electrons. The van der Waals surface area contributed by atoms with Crippen LogP contribution in [0.15, 0.2) is 165 Å². The normalized spacial score (nSPS) is 12.2. The summed E-state index contributed by atoms with van der Waals surface area (Å²) in [6, 6.07) is 24.5. The molecule has 0 saturated heterocycles. The minimum absolute atomic E-state index is 0. The Morgan fingerprint density at radius 1 is 0.364 bits per heavy atom. The minimum Gasteiger partial charge on any atom is -0.744 e. The van der Waals surface area contributed by atoms with E-state index in [1.807, 2.05) is 0 Å². The van der Waals surface area contributed by atoms with Gasteiger partial charge in [0, 0.05) is 27.1 Å². The second-order valence-electron chi connectivity index (χ2n) is 13.4. The molecule has 27 heteroatoms. The van der Waals surface area contributed by atoms with Gasteiger partial charge in [-0.2, -0.15) is 10.2 Å². The van der Waals surface area contributed by atoms with Crippen LogP contribution in [0.4, 0.5) is 68.2 Å². The molecule has 0 heterocycles. The van der Waals surface area contributed by atoms with Crippen LogP contribution in [0.1, 0.15) is 5.56 Å². The summed E-state index contributed by atoms with van der Waals surface area (Å²) in [5, 5.41) is 34.3. The van der Waals surface area contributed by atoms with Crippen molar-refractivity contribution in [3.63, 3.8) is 0 Å². The van der Waals surface area contributed by atoms with Crippen molar-refractivity contribution in [3.05, 3.63) is 115 Å². The first kappa shape index (κ1) is 54.0. The summed E-state index contributed by atoms with van der Waals surface area (Å²) in [5.41, 5.74) is 25.4. The monoisotopic (exact) mass is 974 g/mol. The average Bonchev–Trinajstić information content (AvgIpc) is 3.21. The molecule has 0 bridgehead atoms. The number of nitrogens with zero attached hydrogens (tertiary/aromatic N) is 8. The molecule has 0 unspecified atom stereocenters. The van der Waals surface area contributed by atoms with E-state index in [1.54, 1.807) is 36.4 Å². The molecule has 21 nitrogen and oxygen atoms in total. The van der Waals surface area contributed by atoms with E-state index in [1.165, 1.54) is 55.5 Å². The van der Waals surface area contributed by atoms with Gasteiger partial charge in [-0.05, 0) is 67.6 Å². The van der Waals surface area contributed by atoms with Gasteiger partial charge in [-0.1, -0.05) is 48.5 Å². The Kier molecular flexibility index (Phi) is 17.6. The first-order valence-electron chi connectivity index (χ1n) is 17.8. The summed E-state index contributed by atoms with van der Waals surface area (Å²) in [4.78, 5) is -1.58. The molecule has 0 aliphatic carbocycles. The third kappa shape index (κ3) is 12.1. The van der Waals surface area contributed by atoms with Crippen LogP contribution in [-0.2, 0) is 30.4 Å². The summed E-state index contributed by atoms with van der Waals surface area (Å²) < 4.78 is 108. The van der Waals surface area contributed by atoms with E-state index in [9.17, 15) is 38.9 Å². The maximum Gasteiger partial charge on any atom is 1.00 e. The van der Waals surface area contributed by atoms with Crippen molar-refractivity contribution >= 4 is 120 Å². The van der Waals surface area contributed by atoms with E-state index < -0.39 is 45.0 Å². The largest absolute Gasteiger partial charge is 1.00 e. The predicted molar refractivity (Wildman–Crippen MR) is 230 cm³/mol. The van der Waals surface area contributed by atoms with Crippen molar-refractivity contribution in [1.29, 1.82) is 0 Å². The zero-order valence-electron chi connectivity index (χ0n) is 35.2. The van der Waals surface area contributed by atoms with E-state index >= 15 is 0 Å². The molecule has 0 atom stereocenters.